The summed E-state index contributed by atoms with van der Waals surface area (Å²) in [7, 11) is -9.47. The first-order valence-electron chi connectivity index (χ1n) is 9.24. The van der Waals surface area contributed by atoms with Gasteiger partial charge in [0.05, 0.1) is 0 Å². The van der Waals surface area contributed by atoms with Crippen LogP contribution in [0.2, 0.25) is 45.8 Å². The van der Waals surface area contributed by atoms with Gasteiger partial charge >= 0.3 is 17.1 Å². The molecule has 148 valence electrons. The van der Waals surface area contributed by atoms with Crippen molar-refractivity contribution in [1.82, 2.24) is 0 Å². The number of hydrogen-bond donors (Lipinski definition) is 0. The van der Waals surface area contributed by atoms with E-state index in [1.807, 2.05) is 25.2 Å². The van der Waals surface area contributed by atoms with E-state index >= 15 is 0 Å². The molecule has 27 heavy (non-hydrogen) atoms. The van der Waals surface area contributed by atoms with Crippen molar-refractivity contribution in [2.45, 2.75) is 45.8 Å². The Kier molecular flexibility index (Phi) is 7.13. The van der Waals surface area contributed by atoms with Crippen molar-refractivity contribution in [3.05, 3.63) is 60.7 Å². The van der Waals surface area contributed by atoms with Gasteiger partial charge in [-0.25, -0.2) is 0 Å². The summed E-state index contributed by atoms with van der Waals surface area (Å²) in [5.74, 6) is 0. The highest BCUT2D eigenvalue weighted by Crippen LogP contribution is 2.25. The molecule has 0 fully saturated rings. The van der Waals surface area contributed by atoms with E-state index in [1.54, 1.807) is 0 Å². The lowest BCUT2D eigenvalue weighted by Crippen LogP contribution is -2.65. The average molecular weight is 455 g/mol. The Morgan fingerprint density at radius 3 is 1.30 bits per heavy atom. The van der Waals surface area contributed by atoms with Gasteiger partial charge in [0, 0.05) is 0 Å². The zero-order valence-electron chi connectivity index (χ0n) is 17.4. The predicted molar refractivity (Wildman–Crippen MR) is 125 cm³/mol. The average Bonchev–Trinajstić information content (AvgIpc) is 2.52. The van der Waals surface area contributed by atoms with Gasteiger partial charge in [-0.05, 0) is 56.2 Å². The van der Waals surface area contributed by atoms with Gasteiger partial charge in [0.1, 0.15) is 0 Å². The van der Waals surface area contributed by atoms with Gasteiger partial charge in [-0.2, -0.15) is 0 Å². The molecule has 2 aromatic rings. The molecule has 2 aromatic carbocycles. The molecular weight excluding hydrogens is 424 g/mol. The number of hydrogen-bond acceptors (Lipinski definition) is 3. The van der Waals surface area contributed by atoms with E-state index in [-0.39, 0.29) is 0 Å². The molecule has 0 N–H and O–H groups in total. The molecule has 3 nitrogen and oxygen atoms in total. The summed E-state index contributed by atoms with van der Waals surface area (Å²) < 4.78 is 19.7. The van der Waals surface area contributed by atoms with Gasteiger partial charge in [0.2, 0.25) is 8.32 Å². The second-order valence-corrected chi connectivity index (χ2v) is 25.0. The number of halogens is 1. The molecule has 0 heterocycles. The van der Waals surface area contributed by atoms with E-state index in [2.05, 4.69) is 81.3 Å². The molecule has 0 atom stereocenters. The minimum Gasteiger partial charge on any atom is -0.429 e. The van der Waals surface area contributed by atoms with Crippen LogP contribution in [0.5, 0.6) is 0 Å². The fourth-order valence-corrected chi connectivity index (χ4v) is 22.5. The van der Waals surface area contributed by atoms with Crippen LogP contribution in [0, 0.1) is 0 Å². The van der Waals surface area contributed by atoms with Crippen LogP contribution < -0.4 is 10.4 Å². The third kappa shape index (κ3) is 6.79. The van der Waals surface area contributed by atoms with Crippen LogP contribution in [0.15, 0.2) is 60.7 Å². The molecule has 0 aromatic heterocycles. The highest BCUT2D eigenvalue weighted by atomic mass is 35.6. The molecule has 0 saturated heterocycles. The quantitative estimate of drug-likeness (QED) is 0.424. The predicted octanol–water partition coefficient (Wildman–Crippen LogP) is 4.77. The van der Waals surface area contributed by atoms with Crippen LogP contribution in [0.4, 0.5) is 0 Å². The molecule has 0 aliphatic rings. The number of rotatable bonds is 8. The van der Waals surface area contributed by atoms with Crippen LogP contribution in [-0.4, -0.2) is 33.1 Å². The Balaban J connectivity index is 2.35. The third-order valence-electron chi connectivity index (χ3n) is 4.08. The van der Waals surface area contributed by atoms with E-state index in [1.165, 1.54) is 10.4 Å². The highest BCUT2D eigenvalue weighted by molar-refractivity contribution is 7.17. The molecule has 0 unspecified atom stereocenters. The first-order chi connectivity index (χ1) is 12.3. The SMILES string of the molecule is C[Si](C)(Cl)O[Si](C)(C)O[Si](C)(C)O[Si](C)(c1ccccc1)c1ccccc1. The molecule has 2 rings (SSSR count). The Labute approximate surface area is 173 Å². The monoisotopic (exact) mass is 454 g/mol. The van der Waals surface area contributed by atoms with E-state index in [9.17, 15) is 0 Å². The van der Waals surface area contributed by atoms with Gasteiger partial charge in [-0.1, -0.05) is 60.7 Å². The molecule has 0 saturated carbocycles. The summed E-state index contributed by atoms with van der Waals surface area (Å²) in [6.45, 7) is 14.6. The second-order valence-electron chi connectivity index (χ2n) is 8.23. The van der Waals surface area contributed by atoms with Crippen LogP contribution in [0.25, 0.3) is 0 Å². The van der Waals surface area contributed by atoms with Crippen molar-refractivity contribution in [1.29, 1.82) is 0 Å². The standard InChI is InChI=1S/C19H31ClO3Si4/c1-24(2,20)21-25(3,4)22-26(5,6)23-27(7,18-14-10-8-11-15-18)19-16-12-9-13-17-19/h8-17H,1-7H3. The Morgan fingerprint density at radius 2 is 0.926 bits per heavy atom. The molecule has 0 bridgehead atoms. The van der Waals surface area contributed by atoms with Gasteiger partial charge in [-0.15, -0.1) is 11.1 Å². The van der Waals surface area contributed by atoms with Crippen molar-refractivity contribution >= 4 is 54.5 Å². The largest absolute Gasteiger partial charge is 0.429 e. The van der Waals surface area contributed by atoms with Gasteiger partial charge < -0.3 is 12.3 Å². The first kappa shape index (κ1) is 22.8. The first-order valence-corrected chi connectivity index (χ1v) is 21.2. The van der Waals surface area contributed by atoms with E-state index in [0.29, 0.717) is 0 Å². The van der Waals surface area contributed by atoms with Crippen LogP contribution in [-0.2, 0) is 12.3 Å². The fraction of sp³-hybridized carbons (Fsp3) is 0.368. The molecule has 0 aliphatic heterocycles. The maximum atomic E-state index is 6.93. The molecule has 0 amide bonds. The zero-order chi connectivity index (χ0) is 20.3. The zero-order valence-corrected chi connectivity index (χ0v) is 22.1. The Bertz CT molecular complexity index is 694. The third-order valence-corrected chi connectivity index (χ3v) is 19.1. The second kappa shape index (κ2) is 8.46. The van der Waals surface area contributed by atoms with Gasteiger partial charge in [0.25, 0.3) is 7.63 Å². The van der Waals surface area contributed by atoms with E-state index in [0.717, 1.165) is 0 Å². The fourth-order valence-electron chi connectivity index (χ4n) is 3.51. The Morgan fingerprint density at radius 1 is 0.556 bits per heavy atom. The Hall–Kier alpha value is -0.522. The highest BCUT2D eigenvalue weighted by Gasteiger charge is 2.46. The molecule has 0 aliphatic carbocycles. The summed E-state index contributed by atoms with van der Waals surface area (Å²) in [5, 5.41) is 2.49. The van der Waals surface area contributed by atoms with Crippen LogP contribution >= 0.6 is 11.1 Å². The minimum atomic E-state index is -2.48. The van der Waals surface area contributed by atoms with Crippen molar-refractivity contribution in [3.63, 3.8) is 0 Å². The minimum absolute atomic E-state index is 1.24. The van der Waals surface area contributed by atoms with Crippen molar-refractivity contribution in [2.24, 2.45) is 0 Å². The lowest BCUT2D eigenvalue weighted by molar-refractivity contribution is 0.336. The molecule has 0 spiro atoms. The molecule has 0 radical (unpaired) electrons. The smallest absolute Gasteiger partial charge is 0.313 e. The molecule has 8 heteroatoms. The maximum absolute atomic E-state index is 6.93. The van der Waals surface area contributed by atoms with Crippen molar-refractivity contribution in [2.75, 3.05) is 0 Å². The number of benzene rings is 2. The molecular formula is C19H31ClO3Si4. The van der Waals surface area contributed by atoms with Crippen molar-refractivity contribution < 1.29 is 12.3 Å². The summed E-state index contributed by atoms with van der Waals surface area (Å²) in [4.78, 5) is 0. The van der Waals surface area contributed by atoms with E-state index < -0.39 is 33.1 Å². The lowest BCUT2D eigenvalue weighted by atomic mass is 10.4. The van der Waals surface area contributed by atoms with Crippen LogP contribution in [0.1, 0.15) is 0 Å². The summed E-state index contributed by atoms with van der Waals surface area (Å²) in [5.41, 5.74) is 0. The normalized spacial score (nSPS) is 13.6. The van der Waals surface area contributed by atoms with Gasteiger partial charge in [0.15, 0.2) is 0 Å². The topological polar surface area (TPSA) is 27.7 Å². The summed E-state index contributed by atoms with van der Waals surface area (Å²) in [6.07, 6.45) is 0. The maximum Gasteiger partial charge on any atom is 0.313 e. The van der Waals surface area contributed by atoms with Gasteiger partial charge in [-0.3, -0.25) is 0 Å². The van der Waals surface area contributed by atoms with E-state index in [4.69, 9.17) is 23.4 Å². The van der Waals surface area contributed by atoms with Crippen molar-refractivity contribution in [3.8, 4) is 0 Å². The summed E-state index contributed by atoms with van der Waals surface area (Å²) in [6, 6.07) is 21.0. The van der Waals surface area contributed by atoms with Crippen LogP contribution in [0.3, 0.4) is 0 Å². The lowest BCUT2D eigenvalue weighted by Gasteiger charge is -2.41. The summed E-state index contributed by atoms with van der Waals surface area (Å²) >= 11 is 6.43.